The average molecular weight is 167 g/mol. The molecule has 3 nitrogen and oxygen atoms in total. The lowest BCUT2D eigenvalue weighted by molar-refractivity contribution is 0.273. The Hall–Kier alpha value is -1.22. The van der Waals surface area contributed by atoms with Crippen LogP contribution in [0.5, 0.6) is 5.75 Å². The van der Waals surface area contributed by atoms with E-state index in [-0.39, 0.29) is 18.3 Å². The zero-order valence-corrected chi connectivity index (χ0v) is 6.99. The Morgan fingerprint density at radius 1 is 1.50 bits per heavy atom. The molecule has 0 heterocycles. The van der Waals surface area contributed by atoms with E-state index in [0.29, 0.717) is 5.69 Å². The molecule has 66 valence electrons. The normalized spacial score (nSPS) is 12.8. The number of benzene rings is 1. The van der Waals surface area contributed by atoms with Crippen molar-refractivity contribution in [1.82, 2.24) is 0 Å². The summed E-state index contributed by atoms with van der Waals surface area (Å²) in [5.74, 6) is 0.150. The van der Waals surface area contributed by atoms with Crippen LogP contribution in [-0.4, -0.2) is 16.8 Å². The predicted octanol–water partition coefficient (Wildman–Crippen LogP) is 1.07. The van der Waals surface area contributed by atoms with Gasteiger partial charge in [0.15, 0.2) is 0 Å². The third-order valence-electron chi connectivity index (χ3n) is 1.89. The van der Waals surface area contributed by atoms with Gasteiger partial charge in [-0.3, -0.25) is 0 Å². The third-order valence-corrected chi connectivity index (χ3v) is 1.89. The van der Waals surface area contributed by atoms with Gasteiger partial charge in [-0.05, 0) is 17.7 Å². The maximum Gasteiger partial charge on any atom is 0.138 e. The summed E-state index contributed by atoms with van der Waals surface area (Å²) in [6, 6.07) is 4.97. The van der Waals surface area contributed by atoms with Gasteiger partial charge >= 0.3 is 0 Å². The highest BCUT2D eigenvalue weighted by Crippen LogP contribution is 2.24. The predicted molar refractivity (Wildman–Crippen MR) is 48.0 cm³/mol. The molecule has 0 radical (unpaired) electrons. The minimum atomic E-state index is 0.0629. The maximum absolute atomic E-state index is 9.11. The van der Waals surface area contributed by atoms with Gasteiger partial charge in [0.05, 0.1) is 5.69 Å². The number of nitrogens with two attached hydrogens (primary N) is 1. The smallest absolute Gasteiger partial charge is 0.138 e. The number of hydrogen-bond acceptors (Lipinski definition) is 3. The van der Waals surface area contributed by atoms with E-state index in [9.17, 15) is 0 Å². The summed E-state index contributed by atoms with van der Waals surface area (Å²) >= 11 is 0. The number of rotatable bonds is 2. The molecule has 0 amide bonds. The Labute approximate surface area is 71.5 Å². The van der Waals surface area contributed by atoms with Crippen molar-refractivity contribution in [1.29, 1.82) is 0 Å². The molecule has 1 atom stereocenters. The minimum absolute atomic E-state index is 0.0629. The van der Waals surface area contributed by atoms with Crippen molar-refractivity contribution in [3.63, 3.8) is 0 Å². The van der Waals surface area contributed by atoms with Crippen molar-refractivity contribution < 1.29 is 10.2 Å². The molecule has 0 fully saturated rings. The molecule has 1 rings (SSSR count). The van der Waals surface area contributed by atoms with E-state index in [4.69, 9.17) is 15.9 Å². The summed E-state index contributed by atoms with van der Waals surface area (Å²) in [7, 11) is 0. The summed E-state index contributed by atoms with van der Waals surface area (Å²) in [5.41, 5.74) is 6.77. The molecule has 1 aromatic rings. The number of aromatic hydroxyl groups is 1. The first-order valence-electron chi connectivity index (χ1n) is 3.84. The van der Waals surface area contributed by atoms with Crippen molar-refractivity contribution in [2.24, 2.45) is 0 Å². The molecule has 0 aliphatic carbocycles. The monoisotopic (exact) mass is 167 g/mol. The summed E-state index contributed by atoms with van der Waals surface area (Å²) in [6.45, 7) is 1.98. The second-order valence-electron chi connectivity index (χ2n) is 2.90. The summed E-state index contributed by atoms with van der Waals surface area (Å²) in [6.07, 6.45) is 0. The van der Waals surface area contributed by atoms with Gasteiger partial charge in [0.2, 0.25) is 0 Å². The van der Waals surface area contributed by atoms with Crippen LogP contribution in [0.4, 0.5) is 5.69 Å². The van der Waals surface area contributed by atoms with Crippen molar-refractivity contribution in [2.75, 3.05) is 12.3 Å². The van der Waals surface area contributed by atoms with Crippen LogP contribution in [0.15, 0.2) is 18.2 Å². The van der Waals surface area contributed by atoms with Crippen molar-refractivity contribution in [2.45, 2.75) is 12.8 Å². The van der Waals surface area contributed by atoms with E-state index in [1.165, 1.54) is 6.07 Å². The Kier molecular flexibility index (Phi) is 2.55. The minimum Gasteiger partial charge on any atom is -0.506 e. The Morgan fingerprint density at radius 3 is 2.67 bits per heavy atom. The summed E-state index contributed by atoms with van der Waals surface area (Å²) < 4.78 is 0. The molecular weight excluding hydrogens is 154 g/mol. The molecule has 0 aliphatic heterocycles. The van der Waals surface area contributed by atoms with Crippen molar-refractivity contribution in [3.05, 3.63) is 23.8 Å². The lowest BCUT2D eigenvalue weighted by Gasteiger charge is -2.09. The second-order valence-corrected chi connectivity index (χ2v) is 2.90. The first-order chi connectivity index (χ1) is 5.65. The largest absolute Gasteiger partial charge is 0.506 e. The standard InChI is InChI=1S/C9H13NO2/c1-6(5-11)7-2-3-9(12)8(10)4-7/h2-4,6,11-12H,5,10H2,1H3. The highest BCUT2D eigenvalue weighted by atomic mass is 16.3. The van der Waals surface area contributed by atoms with Crippen LogP contribution in [0.25, 0.3) is 0 Å². The molecule has 4 N–H and O–H groups in total. The molecule has 0 aliphatic rings. The number of aliphatic hydroxyl groups excluding tert-OH is 1. The Morgan fingerprint density at radius 2 is 2.17 bits per heavy atom. The first-order valence-corrected chi connectivity index (χ1v) is 3.84. The van der Waals surface area contributed by atoms with Crippen molar-refractivity contribution >= 4 is 5.69 Å². The highest BCUT2D eigenvalue weighted by Gasteiger charge is 2.05. The summed E-state index contributed by atoms with van der Waals surface area (Å²) in [4.78, 5) is 0. The first kappa shape index (κ1) is 8.87. The highest BCUT2D eigenvalue weighted by molar-refractivity contribution is 5.53. The molecule has 0 saturated heterocycles. The van der Waals surface area contributed by atoms with Crippen LogP contribution in [0.3, 0.4) is 0 Å². The van der Waals surface area contributed by atoms with E-state index in [0.717, 1.165) is 5.56 Å². The quantitative estimate of drug-likeness (QED) is 0.456. The lowest BCUT2D eigenvalue weighted by Crippen LogP contribution is -1.99. The van der Waals surface area contributed by atoms with Crippen LogP contribution in [0.2, 0.25) is 0 Å². The number of nitrogen functional groups attached to an aromatic ring is 1. The molecule has 0 aromatic heterocycles. The van der Waals surface area contributed by atoms with Gasteiger partial charge in [-0.2, -0.15) is 0 Å². The zero-order chi connectivity index (χ0) is 9.14. The maximum atomic E-state index is 9.11. The molecule has 12 heavy (non-hydrogen) atoms. The van der Waals surface area contributed by atoms with E-state index < -0.39 is 0 Å². The summed E-state index contributed by atoms with van der Waals surface area (Å²) in [5, 5.41) is 18.0. The molecule has 1 unspecified atom stereocenters. The van der Waals surface area contributed by atoms with Gasteiger partial charge in [-0.1, -0.05) is 13.0 Å². The lowest BCUT2D eigenvalue weighted by atomic mass is 10.0. The molecule has 3 heteroatoms. The molecule has 0 spiro atoms. The molecule has 0 bridgehead atoms. The van der Waals surface area contributed by atoms with Crippen LogP contribution in [-0.2, 0) is 0 Å². The van der Waals surface area contributed by atoms with Crippen LogP contribution in [0.1, 0.15) is 18.4 Å². The van der Waals surface area contributed by atoms with Crippen LogP contribution in [0, 0.1) is 0 Å². The molecule has 0 saturated carbocycles. The van der Waals surface area contributed by atoms with Crippen LogP contribution < -0.4 is 5.73 Å². The number of phenols is 1. The van der Waals surface area contributed by atoms with Gasteiger partial charge < -0.3 is 15.9 Å². The SMILES string of the molecule is CC(CO)c1ccc(O)c(N)c1. The van der Waals surface area contributed by atoms with Crippen molar-refractivity contribution in [3.8, 4) is 5.75 Å². The van der Waals surface area contributed by atoms with Gasteiger partial charge in [0.25, 0.3) is 0 Å². The molecular formula is C9H13NO2. The van der Waals surface area contributed by atoms with Gasteiger partial charge in [0, 0.05) is 12.5 Å². The van der Waals surface area contributed by atoms with E-state index in [2.05, 4.69) is 0 Å². The fourth-order valence-electron chi connectivity index (χ4n) is 0.985. The van der Waals surface area contributed by atoms with Gasteiger partial charge in [-0.25, -0.2) is 0 Å². The van der Waals surface area contributed by atoms with Gasteiger partial charge in [-0.15, -0.1) is 0 Å². The zero-order valence-electron chi connectivity index (χ0n) is 6.99. The van der Waals surface area contributed by atoms with Gasteiger partial charge in [0.1, 0.15) is 5.75 Å². The molecule has 1 aromatic carbocycles. The number of aliphatic hydroxyl groups is 1. The Balaban J connectivity index is 2.96. The topological polar surface area (TPSA) is 66.5 Å². The second kappa shape index (κ2) is 3.45. The third kappa shape index (κ3) is 1.68. The fraction of sp³-hybridized carbons (Fsp3) is 0.333. The Bertz CT molecular complexity index is 273. The number of anilines is 1. The van der Waals surface area contributed by atoms with E-state index in [1.807, 2.05) is 6.92 Å². The number of hydrogen-bond donors (Lipinski definition) is 3. The average Bonchev–Trinajstić information content (AvgIpc) is 2.08. The fourth-order valence-corrected chi connectivity index (χ4v) is 0.985. The van der Waals surface area contributed by atoms with E-state index in [1.54, 1.807) is 12.1 Å². The van der Waals surface area contributed by atoms with Crippen LogP contribution >= 0.6 is 0 Å². The van der Waals surface area contributed by atoms with E-state index >= 15 is 0 Å². The number of phenolic OH excluding ortho intramolecular Hbond substituents is 1.